The van der Waals surface area contributed by atoms with Gasteiger partial charge in [-0.15, -0.1) is 0 Å². The highest BCUT2D eigenvalue weighted by atomic mass is 79.9. The summed E-state index contributed by atoms with van der Waals surface area (Å²) in [5.74, 6) is 0.161. The van der Waals surface area contributed by atoms with Gasteiger partial charge in [0.1, 0.15) is 0 Å². The van der Waals surface area contributed by atoms with Crippen LogP contribution in [0.4, 0.5) is 0 Å². The minimum Gasteiger partial charge on any atom is -0.339 e. The Kier molecular flexibility index (Phi) is 5.82. The Morgan fingerprint density at radius 1 is 1.16 bits per heavy atom. The van der Waals surface area contributed by atoms with Crippen molar-refractivity contribution in [2.75, 3.05) is 39.3 Å². The number of likely N-dealkylation sites (N-methyl/N-ethyl adjacent to an activating group) is 1. The maximum absolute atomic E-state index is 12.7. The summed E-state index contributed by atoms with van der Waals surface area (Å²) in [6, 6.07) is 7.13. The van der Waals surface area contributed by atoms with Crippen molar-refractivity contribution in [3.05, 3.63) is 28.7 Å². The summed E-state index contributed by atoms with van der Waals surface area (Å²) < 4.78 is 27.8. The molecule has 8 heteroatoms. The predicted octanol–water partition coefficient (Wildman–Crippen LogP) is 1.77. The lowest BCUT2D eigenvalue weighted by Crippen LogP contribution is -2.51. The van der Waals surface area contributed by atoms with Crippen LogP contribution < -0.4 is 0 Å². The number of halogens is 1. The van der Waals surface area contributed by atoms with Gasteiger partial charge in [0, 0.05) is 43.2 Å². The summed E-state index contributed by atoms with van der Waals surface area (Å²) in [6.45, 7) is 5.16. The molecule has 1 aliphatic carbocycles. The molecule has 0 atom stereocenters. The average Bonchev–Trinajstić information content (AvgIpc) is 3.41. The van der Waals surface area contributed by atoms with Crippen molar-refractivity contribution >= 4 is 31.9 Å². The van der Waals surface area contributed by atoms with Gasteiger partial charge in [0.2, 0.25) is 15.9 Å². The highest BCUT2D eigenvalue weighted by molar-refractivity contribution is 9.10. The number of benzene rings is 1. The Hall–Kier alpha value is -0.960. The third-order valence-electron chi connectivity index (χ3n) is 4.79. The molecular weight excluding hydrogens is 406 g/mol. The molecule has 0 unspecified atom stereocenters. The number of piperazine rings is 1. The normalized spacial score (nSPS) is 19.8. The van der Waals surface area contributed by atoms with Crippen molar-refractivity contribution in [1.29, 1.82) is 0 Å². The first-order valence-corrected chi connectivity index (χ1v) is 10.9. The van der Waals surface area contributed by atoms with Crippen LogP contribution in [-0.4, -0.2) is 73.7 Å². The van der Waals surface area contributed by atoms with Crippen LogP contribution in [0.5, 0.6) is 0 Å². The van der Waals surface area contributed by atoms with Crippen LogP contribution in [0.25, 0.3) is 0 Å². The largest absolute Gasteiger partial charge is 0.339 e. The minimum absolute atomic E-state index is 0.161. The standard InChI is InChI=1S/C17H24BrN3O3S/c1-2-21(15-5-6-15)17(22)13-19-9-11-20(12-10-19)25(23,24)16-7-3-14(18)4-8-16/h3-4,7-8,15H,2,5-6,9-13H2,1H3. The van der Waals surface area contributed by atoms with Gasteiger partial charge >= 0.3 is 0 Å². The SMILES string of the molecule is CCN(C(=O)CN1CCN(S(=O)(=O)c2ccc(Br)cc2)CC1)C1CC1. The highest BCUT2D eigenvalue weighted by Gasteiger charge is 2.33. The summed E-state index contributed by atoms with van der Waals surface area (Å²) in [4.78, 5) is 16.7. The van der Waals surface area contributed by atoms with Gasteiger partial charge in [0.15, 0.2) is 0 Å². The van der Waals surface area contributed by atoms with E-state index in [0.717, 1.165) is 23.9 Å². The number of sulfonamides is 1. The molecule has 0 bridgehead atoms. The van der Waals surface area contributed by atoms with Crippen molar-refractivity contribution in [3.63, 3.8) is 0 Å². The number of nitrogens with zero attached hydrogens (tertiary/aromatic N) is 3. The van der Waals surface area contributed by atoms with Crippen LogP contribution >= 0.6 is 15.9 Å². The molecule has 1 heterocycles. The zero-order valence-electron chi connectivity index (χ0n) is 14.4. The fourth-order valence-corrected chi connectivity index (χ4v) is 4.88. The van der Waals surface area contributed by atoms with E-state index in [9.17, 15) is 13.2 Å². The molecular formula is C17H24BrN3O3S. The van der Waals surface area contributed by atoms with Crippen molar-refractivity contribution < 1.29 is 13.2 Å². The van der Waals surface area contributed by atoms with E-state index in [-0.39, 0.29) is 5.91 Å². The molecule has 1 saturated heterocycles. The molecule has 1 aromatic rings. The Balaban J connectivity index is 1.56. The van der Waals surface area contributed by atoms with Crippen LogP contribution in [0.1, 0.15) is 19.8 Å². The molecule has 1 aromatic carbocycles. The fraction of sp³-hybridized carbons (Fsp3) is 0.588. The number of hydrogen-bond donors (Lipinski definition) is 0. The molecule has 138 valence electrons. The first-order valence-electron chi connectivity index (χ1n) is 8.69. The van der Waals surface area contributed by atoms with Crippen LogP contribution in [0.2, 0.25) is 0 Å². The van der Waals surface area contributed by atoms with E-state index in [1.165, 1.54) is 4.31 Å². The summed E-state index contributed by atoms with van der Waals surface area (Å²) in [5.41, 5.74) is 0. The first-order chi connectivity index (χ1) is 11.9. The Labute approximate surface area is 158 Å². The van der Waals surface area contributed by atoms with E-state index in [0.29, 0.717) is 43.7 Å². The second-order valence-electron chi connectivity index (χ2n) is 6.55. The molecule has 2 aliphatic rings. The first kappa shape index (κ1) is 18.8. The van der Waals surface area contributed by atoms with Gasteiger partial charge in [-0.1, -0.05) is 15.9 Å². The molecule has 0 radical (unpaired) electrons. The maximum Gasteiger partial charge on any atom is 0.243 e. The van der Waals surface area contributed by atoms with Gasteiger partial charge < -0.3 is 4.90 Å². The van der Waals surface area contributed by atoms with Gasteiger partial charge in [-0.3, -0.25) is 9.69 Å². The molecule has 1 amide bonds. The number of rotatable bonds is 6. The number of carbonyl (C=O) groups excluding carboxylic acids is 1. The third-order valence-corrected chi connectivity index (χ3v) is 7.23. The van der Waals surface area contributed by atoms with E-state index in [1.807, 2.05) is 11.8 Å². The van der Waals surface area contributed by atoms with Crippen molar-refractivity contribution in [3.8, 4) is 0 Å². The van der Waals surface area contributed by atoms with Crippen LogP contribution in [-0.2, 0) is 14.8 Å². The second kappa shape index (κ2) is 7.73. The summed E-state index contributed by atoms with van der Waals surface area (Å²) in [5, 5.41) is 0. The summed E-state index contributed by atoms with van der Waals surface area (Å²) >= 11 is 3.32. The lowest BCUT2D eigenvalue weighted by atomic mass is 10.3. The number of carbonyl (C=O) groups is 1. The van der Waals surface area contributed by atoms with Gasteiger partial charge in [0.05, 0.1) is 11.4 Å². The molecule has 0 aromatic heterocycles. The van der Waals surface area contributed by atoms with E-state index in [4.69, 9.17) is 0 Å². The van der Waals surface area contributed by atoms with Gasteiger partial charge in [0.25, 0.3) is 0 Å². The molecule has 0 spiro atoms. The van der Waals surface area contributed by atoms with E-state index in [1.54, 1.807) is 24.3 Å². The van der Waals surface area contributed by atoms with Crippen LogP contribution in [0.15, 0.2) is 33.6 Å². The lowest BCUT2D eigenvalue weighted by molar-refractivity contribution is -0.133. The molecule has 6 nitrogen and oxygen atoms in total. The molecule has 3 rings (SSSR count). The highest BCUT2D eigenvalue weighted by Crippen LogP contribution is 2.27. The van der Waals surface area contributed by atoms with Crippen LogP contribution in [0.3, 0.4) is 0 Å². The van der Waals surface area contributed by atoms with Crippen molar-refractivity contribution in [1.82, 2.24) is 14.1 Å². The predicted molar refractivity (Wildman–Crippen MR) is 99.7 cm³/mol. The van der Waals surface area contributed by atoms with Gasteiger partial charge in [-0.05, 0) is 44.0 Å². The Morgan fingerprint density at radius 2 is 1.76 bits per heavy atom. The van der Waals surface area contributed by atoms with E-state index in [2.05, 4.69) is 20.8 Å². The van der Waals surface area contributed by atoms with E-state index >= 15 is 0 Å². The second-order valence-corrected chi connectivity index (χ2v) is 9.40. The molecule has 0 N–H and O–H groups in total. The van der Waals surface area contributed by atoms with E-state index < -0.39 is 10.0 Å². The maximum atomic E-state index is 12.7. The zero-order valence-corrected chi connectivity index (χ0v) is 16.8. The smallest absolute Gasteiger partial charge is 0.243 e. The quantitative estimate of drug-likeness (QED) is 0.690. The van der Waals surface area contributed by atoms with Gasteiger partial charge in [-0.25, -0.2) is 8.42 Å². The molecule has 2 fully saturated rings. The molecule has 25 heavy (non-hydrogen) atoms. The summed E-state index contributed by atoms with van der Waals surface area (Å²) in [7, 11) is -3.46. The zero-order chi connectivity index (χ0) is 18.0. The van der Waals surface area contributed by atoms with Gasteiger partial charge in [-0.2, -0.15) is 4.31 Å². The average molecular weight is 430 g/mol. The van der Waals surface area contributed by atoms with Crippen molar-refractivity contribution in [2.24, 2.45) is 0 Å². The minimum atomic E-state index is -3.46. The Bertz CT molecular complexity index is 711. The van der Waals surface area contributed by atoms with Crippen molar-refractivity contribution in [2.45, 2.75) is 30.7 Å². The monoisotopic (exact) mass is 429 g/mol. The summed E-state index contributed by atoms with van der Waals surface area (Å²) in [6.07, 6.45) is 2.22. The fourth-order valence-electron chi connectivity index (χ4n) is 3.19. The molecule has 1 aliphatic heterocycles. The third kappa shape index (κ3) is 4.42. The topological polar surface area (TPSA) is 60.9 Å². The van der Waals surface area contributed by atoms with Crippen LogP contribution in [0, 0.1) is 0 Å². The Morgan fingerprint density at radius 3 is 2.28 bits per heavy atom. The number of hydrogen-bond acceptors (Lipinski definition) is 4. The molecule has 1 saturated carbocycles. The lowest BCUT2D eigenvalue weighted by Gasteiger charge is -2.34. The number of amides is 1.